The SMILES string of the molecule is Cc1cccc(C)c1C1=NCCCN1. The lowest BCUT2D eigenvalue weighted by molar-refractivity contribution is 0.741. The summed E-state index contributed by atoms with van der Waals surface area (Å²) in [5.41, 5.74) is 3.89. The van der Waals surface area contributed by atoms with Crippen molar-refractivity contribution in [3.05, 3.63) is 34.9 Å². The molecule has 0 amide bonds. The predicted octanol–water partition coefficient (Wildman–Crippen LogP) is 2.04. The lowest BCUT2D eigenvalue weighted by Crippen LogP contribution is -2.31. The molecule has 2 nitrogen and oxygen atoms in total. The first kappa shape index (κ1) is 9.25. The van der Waals surface area contributed by atoms with Crippen LogP contribution in [0.3, 0.4) is 0 Å². The predicted molar refractivity (Wildman–Crippen MR) is 59.9 cm³/mol. The van der Waals surface area contributed by atoms with Gasteiger partial charge in [-0.15, -0.1) is 0 Å². The molecule has 2 heteroatoms. The lowest BCUT2D eigenvalue weighted by atomic mass is 10.0. The summed E-state index contributed by atoms with van der Waals surface area (Å²) in [6.45, 7) is 6.28. The highest BCUT2D eigenvalue weighted by Gasteiger charge is 2.11. The molecule has 1 aromatic carbocycles. The van der Waals surface area contributed by atoms with E-state index in [9.17, 15) is 0 Å². The molecule has 0 radical (unpaired) electrons. The Morgan fingerprint density at radius 2 is 1.93 bits per heavy atom. The molecule has 0 spiro atoms. The van der Waals surface area contributed by atoms with Gasteiger partial charge in [0.15, 0.2) is 0 Å². The highest BCUT2D eigenvalue weighted by atomic mass is 15.0. The van der Waals surface area contributed by atoms with Gasteiger partial charge in [-0.3, -0.25) is 4.99 Å². The Kier molecular flexibility index (Phi) is 2.53. The number of rotatable bonds is 1. The number of aryl methyl sites for hydroxylation is 2. The van der Waals surface area contributed by atoms with Gasteiger partial charge in [-0.1, -0.05) is 18.2 Å². The Morgan fingerprint density at radius 3 is 2.50 bits per heavy atom. The van der Waals surface area contributed by atoms with Crippen molar-refractivity contribution in [3.8, 4) is 0 Å². The van der Waals surface area contributed by atoms with Crippen LogP contribution in [0.2, 0.25) is 0 Å². The van der Waals surface area contributed by atoms with E-state index < -0.39 is 0 Å². The maximum atomic E-state index is 4.53. The van der Waals surface area contributed by atoms with Crippen molar-refractivity contribution in [1.29, 1.82) is 0 Å². The van der Waals surface area contributed by atoms with Gasteiger partial charge in [0.1, 0.15) is 5.84 Å². The largest absolute Gasteiger partial charge is 0.370 e. The Labute approximate surface area is 85.1 Å². The van der Waals surface area contributed by atoms with Crippen molar-refractivity contribution in [2.75, 3.05) is 13.1 Å². The number of nitrogens with one attached hydrogen (secondary N) is 1. The van der Waals surface area contributed by atoms with E-state index in [4.69, 9.17) is 0 Å². The van der Waals surface area contributed by atoms with Gasteiger partial charge in [0.25, 0.3) is 0 Å². The number of hydrogen-bond acceptors (Lipinski definition) is 2. The Balaban J connectivity index is 2.44. The molecule has 1 aliphatic rings. The number of hydrogen-bond donors (Lipinski definition) is 1. The molecule has 74 valence electrons. The van der Waals surface area contributed by atoms with E-state index in [0.717, 1.165) is 25.3 Å². The summed E-state index contributed by atoms with van der Waals surface area (Å²) < 4.78 is 0. The van der Waals surface area contributed by atoms with E-state index in [0.29, 0.717) is 0 Å². The maximum absolute atomic E-state index is 4.53. The van der Waals surface area contributed by atoms with Gasteiger partial charge in [-0.2, -0.15) is 0 Å². The number of benzene rings is 1. The second kappa shape index (κ2) is 3.82. The van der Waals surface area contributed by atoms with Crippen LogP contribution >= 0.6 is 0 Å². The van der Waals surface area contributed by atoms with Crippen LogP contribution in [0.5, 0.6) is 0 Å². The molecule has 0 aromatic heterocycles. The third-order valence-corrected chi connectivity index (χ3v) is 2.62. The fourth-order valence-electron chi connectivity index (χ4n) is 1.89. The molecule has 0 atom stereocenters. The fraction of sp³-hybridized carbons (Fsp3) is 0.417. The third-order valence-electron chi connectivity index (χ3n) is 2.62. The van der Waals surface area contributed by atoms with Gasteiger partial charge >= 0.3 is 0 Å². The molecule has 2 rings (SSSR count). The highest BCUT2D eigenvalue weighted by Crippen LogP contribution is 2.14. The molecule has 1 heterocycles. The van der Waals surface area contributed by atoms with Crippen molar-refractivity contribution in [2.45, 2.75) is 20.3 Å². The maximum Gasteiger partial charge on any atom is 0.128 e. The van der Waals surface area contributed by atoms with Crippen LogP contribution in [0.4, 0.5) is 0 Å². The summed E-state index contributed by atoms with van der Waals surface area (Å²) in [6.07, 6.45) is 1.15. The molecule has 0 unspecified atom stereocenters. The van der Waals surface area contributed by atoms with E-state index in [1.165, 1.54) is 16.7 Å². The molecule has 0 saturated carbocycles. The molecular weight excluding hydrogens is 172 g/mol. The van der Waals surface area contributed by atoms with Gasteiger partial charge in [-0.05, 0) is 31.4 Å². The minimum absolute atomic E-state index is 0.954. The van der Waals surface area contributed by atoms with Gasteiger partial charge in [0, 0.05) is 18.7 Å². The number of nitrogens with zero attached hydrogens (tertiary/aromatic N) is 1. The topological polar surface area (TPSA) is 24.4 Å². The van der Waals surface area contributed by atoms with Crippen molar-refractivity contribution < 1.29 is 0 Å². The average Bonchev–Trinajstić information content (AvgIpc) is 2.19. The molecule has 0 bridgehead atoms. The van der Waals surface area contributed by atoms with E-state index >= 15 is 0 Å². The molecule has 0 saturated heterocycles. The quantitative estimate of drug-likeness (QED) is 0.716. The number of aliphatic imine (C=N–C) groups is 1. The Bertz CT molecular complexity index is 346. The minimum Gasteiger partial charge on any atom is -0.370 e. The van der Waals surface area contributed by atoms with Crippen molar-refractivity contribution >= 4 is 5.84 Å². The zero-order chi connectivity index (χ0) is 9.97. The number of amidine groups is 1. The van der Waals surface area contributed by atoms with Crippen LogP contribution in [-0.4, -0.2) is 18.9 Å². The summed E-state index contributed by atoms with van der Waals surface area (Å²) in [7, 11) is 0. The fourth-order valence-corrected chi connectivity index (χ4v) is 1.89. The molecule has 1 N–H and O–H groups in total. The smallest absolute Gasteiger partial charge is 0.128 e. The van der Waals surface area contributed by atoms with Crippen LogP contribution in [0.15, 0.2) is 23.2 Å². The second-order valence-corrected chi connectivity index (χ2v) is 3.78. The molecular formula is C12H16N2. The minimum atomic E-state index is 0.954. The summed E-state index contributed by atoms with van der Waals surface area (Å²) in [5.74, 6) is 1.08. The van der Waals surface area contributed by atoms with Gasteiger partial charge in [0.2, 0.25) is 0 Å². The standard InChI is InChI=1S/C12H16N2/c1-9-5-3-6-10(2)11(9)12-13-7-4-8-14-12/h3,5-6H,4,7-8H2,1-2H3,(H,13,14). The normalized spacial score (nSPS) is 16.0. The lowest BCUT2D eigenvalue weighted by Gasteiger charge is -2.18. The van der Waals surface area contributed by atoms with E-state index in [-0.39, 0.29) is 0 Å². The zero-order valence-electron chi connectivity index (χ0n) is 8.80. The van der Waals surface area contributed by atoms with Gasteiger partial charge in [0.05, 0.1) is 0 Å². The molecule has 0 fully saturated rings. The summed E-state index contributed by atoms with van der Waals surface area (Å²) >= 11 is 0. The molecule has 1 aromatic rings. The molecule has 1 aliphatic heterocycles. The summed E-state index contributed by atoms with van der Waals surface area (Å²) in [5, 5.41) is 3.37. The molecule has 0 aliphatic carbocycles. The zero-order valence-corrected chi connectivity index (χ0v) is 8.80. The van der Waals surface area contributed by atoms with E-state index in [1.807, 2.05) is 0 Å². The first-order chi connectivity index (χ1) is 6.79. The van der Waals surface area contributed by atoms with Crippen molar-refractivity contribution in [2.24, 2.45) is 4.99 Å². The van der Waals surface area contributed by atoms with Crippen LogP contribution < -0.4 is 5.32 Å². The Hall–Kier alpha value is -1.31. The van der Waals surface area contributed by atoms with E-state index in [1.54, 1.807) is 0 Å². The monoisotopic (exact) mass is 188 g/mol. The van der Waals surface area contributed by atoms with Crippen LogP contribution in [-0.2, 0) is 0 Å². The second-order valence-electron chi connectivity index (χ2n) is 3.78. The van der Waals surface area contributed by atoms with Crippen LogP contribution in [0.25, 0.3) is 0 Å². The van der Waals surface area contributed by atoms with Crippen LogP contribution in [0.1, 0.15) is 23.1 Å². The first-order valence-corrected chi connectivity index (χ1v) is 5.14. The molecule has 14 heavy (non-hydrogen) atoms. The third kappa shape index (κ3) is 1.65. The van der Waals surface area contributed by atoms with Crippen LogP contribution in [0, 0.1) is 13.8 Å². The Morgan fingerprint density at radius 1 is 1.21 bits per heavy atom. The highest BCUT2D eigenvalue weighted by molar-refractivity contribution is 6.01. The average molecular weight is 188 g/mol. The van der Waals surface area contributed by atoms with Crippen molar-refractivity contribution in [3.63, 3.8) is 0 Å². The summed E-state index contributed by atoms with van der Waals surface area (Å²) in [6, 6.07) is 6.37. The van der Waals surface area contributed by atoms with E-state index in [2.05, 4.69) is 42.4 Å². The summed E-state index contributed by atoms with van der Waals surface area (Å²) in [4.78, 5) is 4.53. The van der Waals surface area contributed by atoms with Gasteiger partial charge < -0.3 is 5.32 Å². The van der Waals surface area contributed by atoms with Crippen molar-refractivity contribution in [1.82, 2.24) is 5.32 Å². The van der Waals surface area contributed by atoms with Gasteiger partial charge in [-0.25, -0.2) is 0 Å². The first-order valence-electron chi connectivity index (χ1n) is 5.14.